The van der Waals surface area contributed by atoms with Gasteiger partial charge in [0.05, 0.1) is 5.02 Å². The predicted molar refractivity (Wildman–Crippen MR) is 84.6 cm³/mol. The lowest BCUT2D eigenvalue weighted by Gasteiger charge is -2.21. The van der Waals surface area contributed by atoms with E-state index in [-0.39, 0.29) is 12.5 Å². The number of hydrogen-bond donors (Lipinski definition) is 1. The summed E-state index contributed by atoms with van der Waals surface area (Å²) in [5.41, 5.74) is 0.573. The van der Waals surface area contributed by atoms with E-state index < -0.39 is 12.0 Å². The highest BCUT2D eigenvalue weighted by Gasteiger charge is 2.34. The zero-order chi connectivity index (χ0) is 16.4. The van der Waals surface area contributed by atoms with Gasteiger partial charge in [0.25, 0.3) is 5.91 Å². The van der Waals surface area contributed by atoms with Gasteiger partial charge < -0.3 is 14.7 Å². The summed E-state index contributed by atoms with van der Waals surface area (Å²) in [6.45, 7) is 0.218. The van der Waals surface area contributed by atoms with Crippen LogP contribution in [0.5, 0.6) is 5.75 Å². The minimum Gasteiger partial charge on any atom is -0.481 e. The SMILES string of the molecule is O=C(O)[C@H]1CCCN1C(=O)COc1ccc(Cl)c2cccnc12. The van der Waals surface area contributed by atoms with E-state index in [9.17, 15) is 9.59 Å². The molecule has 0 unspecified atom stereocenters. The predicted octanol–water partition coefficient (Wildman–Crippen LogP) is 2.34. The van der Waals surface area contributed by atoms with Crippen molar-refractivity contribution in [3.05, 3.63) is 35.5 Å². The Labute approximate surface area is 137 Å². The standard InChI is InChI=1S/C16H15ClN2O4/c17-11-5-6-13(15-10(11)3-1-7-18-15)23-9-14(20)19-8-2-4-12(19)16(21)22/h1,3,5-7,12H,2,4,8-9H2,(H,21,22)/t12-/m1/s1. The summed E-state index contributed by atoms with van der Waals surface area (Å²) in [7, 11) is 0. The molecule has 0 bridgehead atoms. The fourth-order valence-corrected chi connectivity index (χ4v) is 2.99. The molecule has 3 rings (SSSR count). The molecule has 1 amide bonds. The topological polar surface area (TPSA) is 79.7 Å². The number of aromatic nitrogens is 1. The first kappa shape index (κ1) is 15.6. The number of carboxylic acid groups (broad SMARTS) is 1. The lowest BCUT2D eigenvalue weighted by molar-refractivity contribution is -0.148. The van der Waals surface area contributed by atoms with Gasteiger partial charge in [-0.1, -0.05) is 11.6 Å². The zero-order valence-corrected chi connectivity index (χ0v) is 13.0. The molecule has 1 aromatic heterocycles. The lowest BCUT2D eigenvalue weighted by Crippen LogP contribution is -2.42. The third-order valence-electron chi connectivity index (χ3n) is 3.89. The Balaban J connectivity index is 1.75. The van der Waals surface area contributed by atoms with Gasteiger partial charge in [0, 0.05) is 18.1 Å². The van der Waals surface area contributed by atoms with E-state index in [2.05, 4.69) is 4.98 Å². The van der Waals surface area contributed by atoms with Crippen molar-refractivity contribution in [3.8, 4) is 5.75 Å². The summed E-state index contributed by atoms with van der Waals surface area (Å²) in [5, 5.41) is 10.4. The molecule has 0 aliphatic carbocycles. The van der Waals surface area contributed by atoms with Crippen LogP contribution in [0.3, 0.4) is 0 Å². The molecule has 120 valence electrons. The average molecular weight is 335 g/mol. The van der Waals surface area contributed by atoms with Crippen LogP contribution in [0.4, 0.5) is 0 Å². The number of amides is 1. The van der Waals surface area contributed by atoms with E-state index >= 15 is 0 Å². The molecule has 1 atom stereocenters. The van der Waals surface area contributed by atoms with Gasteiger partial charge in [-0.25, -0.2) is 4.79 Å². The number of likely N-dealkylation sites (tertiary alicyclic amines) is 1. The Bertz CT molecular complexity index is 765. The molecule has 6 nitrogen and oxygen atoms in total. The van der Waals surface area contributed by atoms with Gasteiger partial charge in [-0.15, -0.1) is 0 Å². The van der Waals surface area contributed by atoms with Crippen LogP contribution in [0.25, 0.3) is 10.9 Å². The third-order valence-corrected chi connectivity index (χ3v) is 4.22. The first-order valence-corrected chi connectivity index (χ1v) is 7.64. The van der Waals surface area contributed by atoms with Gasteiger partial charge in [0.1, 0.15) is 17.3 Å². The molecule has 1 aromatic carbocycles. The Morgan fingerprint density at radius 2 is 2.22 bits per heavy atom. The van der Waals surface area contributed by atoms with E-state index in [1.165, 1.54) is 4.90 Å². The molecule has 23 heavy (non-hydrogen) atoms. The van der Waals surface area contributed by atoms with Crippen molar-refractivity contribution in [1.82, 2.24) is 9.88 Å². The maximum atomic E-state index is 12.2. The number of halogens is 1. The number of fused-ring (bicyclic) bond motifs is 1. The van der Waals surface area contributed by atoms with E-state index in [1.54, 1.807) is 24.4 Å². The van der Waals surface area contributed by atoms with Crippen molar-refractivity contribution in [2.45, 2.75) is 18.9 Å². The molecule has 1 saturated heterocycles. The Hall–Kier alpha value is -2.34. The minimum atomic E-state index is -0.977. The second kappa shape index (κ2) is 6.42. The Morgan fingerprint density at radius 3 is 3.00 bits per heavy atom. The lowest BCUT2D eigenvalue weighted by atomic mass is 10.2. The van der Waals surface area contributed by atoms with Crippen LogP contribution in [0, 0.1) is 0 Å². The summed E-state index contributed by atoms with van der Waals surface area (Å²) in [5.74, 6) is -0.868. The average Bonchev–Trinajstić information content (AvgIpc) is 3.04. The van der Waals surface area contributed by atoms with Crippen LogP contribution in [-0.2, 0) is 9.59 Å². The highest BCUT2D eigenvalue weighted by atomic mass is 35.5. The summed E-state index contributed by atoms with van der Waals surface area (Å²) in [6.07, 6.45) is 2.79. The molecule has 1 N–H and O–H groups in total. The van der Waals surface area contributed by atoms with E-state index in [0.717, 1.165) is 5.39 Å². The van der Waals surface area contributed by atoms with Crippen molar-refractivity contribution < 1.29 is 19.4 Å². The number of benzene rings is 1. The summed E-state index contributed by atoms with van der Waals surface area (Å²) >= 11 is 6.11. The Kier molecular flexibility index (Phi) is 4.34. The molecule has 0 spiro atoms. The van der Waals surface area contributed by atoms with Gasteiger partial charge in [-0.3, -0.25) is 9.78 Å². The van der Waals surface area contributed by atoms with E-state index in [4.69, 9.17) is 21.4 Å². The number of rotatable bonds is 4. The number of carboxylic acids is 1. The molecule has 1 fully saturated rings. The second-order valence-corrected chi connectivity index (χ2v) is 5.72. The normalized spacial score (nSPS) is 17.4. The molecule has 2 heterocycles. The summed E-state index contributed by atoms with van der Waals surface area (Å²) in [6, 6.07) is 6.17. The number of nitrogens with zero attached hydrogens (tertiary/aromatic N) is 2. The van der Waals surface area contributed by atoms with E-state index in [0.29, 0.717) is 35.7 Å². The van der Waals surface area contributed by atoms with Gasteiger partial charge >= 0.3 is 5.97 Å². The molecule has 2 aromatic rings. The van der Waals surface area contributed by atoms with Crippen LogP contribution in [-0.4, -0.2) is 46.1 Å². The second-order valence-electron chi connectivity index (χ2n) is 5.32. The monoisotopic (exact) mass is 334 g/mol. The quantitative estimate of drug-likeness (QED) is 0.928. The van der Waals surface area contributed by atoms with Gasteiger partial charge in [-0.05, 0) is 37.1 Å². The van der Waals surface area contributed by atoms with Crippen LogP contribution >= 0.6 is 11.6 Å². The smallest absolute Gasteiger partial charge is 0.326 e. The zero-order valence-electron chi connectivity index (χ0n) is 12.2. The number of carbonyl (C=O) groups excluding carboxylic acids is 1. The molecule has 1 aliphatic heterocycles. The Morgan fingerprint density at radius 1 is 1.39 bits per heavy atom. The maximum absolute atomic E-state index is 12.2. The third kappa shape index (κ3) is 3.07. The maximum Gasteiger partial charge on any atom is 0.326 e. The number of pyridine rings is 1. The van der Waals surface area contributed by atoms with Crippen molar-refractivity contribution in [2.24, 2.45) is 0 Å². The van der Waals surface area contributed by atoms with Crippen molar-refractivity contribution in [2.75, 3.05) is 13.2 Å². The summed E-state index contributed by atoms with van der Waals surface area (Å²) < 4.78 is 5.57. The molecule has 0 saturated carbocycles. The molecule has 1 aliphatic rings. The number of aliphatic carboxylic acids is 1. The highest BCUT2D eigenvalue weighted by Crippen LogP contribution is 2.29. The highest BCUT2D eigenvalue weighted by molar-refractivity contribution is 6.35. The number of carbonyl (C=O) groups is 2. The van der Waals surface area contributed by atoms with Crippen LogP contribution in [0.1, 0.15) is 12.8 Å². The van der Waals surface area contributed by atoms with Crippen LogP contribution in [0.15, 0.2) is 30.5 Å². The fraction of sp³-hybridized carbons (Fsp3) is 0.312. The fourth-order valence-electron chi connectivity index (χ4n) is 2.77. The van der Waals surface area contributed by atoms with Gasteiger partial charge in [0.15, 0.2) is 6.61 Å². The van der Waals surface area contributed by atoms with Crippen molar-refractivity contribution in [3.63, 3.8) is 0 Å². The van der Waals surface area contributed by atoms with Gasteiger partial charge in [0.2, 0.25) is 0 Å². The summed E-state index contributed by atoms with van der Waals surface area (Å²) in [4.78, 5) is 29.0. The number of ether oxygens (including phenoxy) is 1. The van der Waals surface area contributed by atoms with Gasteiger partial charge in [-0.2, -0.15) is 0 Å². The van der Waals surface area contributed by atoms with Crippen LogP contribution < -0.4 is 4.74 Å². The largest absolute Gasteiger partial charge is 0.481 e. The molecule has 7 heteroatoms. The molecular formula is C16H15ClN2O4. The first-order chi connectivity index (χ1) is 11.1. The van der Waals surface area contributed by atoms with Crippen molar-refractivity contribution in [1.29, 1.82) is 0 Å². The van der Waals surface area contributed by atoms with Crippen LogP contribution in [0.2, 0.25) is 5.02 Å². The van der Waals surface area contributed by atoms with Crippen molar-refractivity contribution >= 4 is 34.4 Å². The number of hydrogen-bond acceptors (Lipinski definition) is 4. The minimum absolute atomic E-state index is 0.225. The first-order valence-electron chi connectivity index (χ1n) is 7.26. The van der Waals surface area contributed by atoms with E-state index in [1.807, 2.05) is 6.07 Å². The molecule has 0 radical (unpaired) electrons. The molecular weight excluding hydrogens is 320 g/mol.